The predicted molar refractivity (Wildman–Crippen MR) is 71.7 cm³/mol. The lowest BCUT2D eigenvalue weighted by molar-refractivity contribution is 0.101. The molecule has 0 aliphatic heterocycles. The average molecular weight is 231 g/mol. The molecule has 92 valence electrons. The van der Waals surface area contributed by atoms with E-state index in [1.807, 2.05) is 18.2 Å². The topological polar surface area (TPSA) is 20.3 Å². The quantitative estimate of drug-likeness (QED) is 0.740. The molecule has 0 spiro atoms. The fourth-order valence-electron chi connectivity index (χ4n) is 2.74. The maximum absolute atomic E-state index is 11.6. The van der Waals surface area contributed by atoms with E-state index in [0.29, 0.717) is 6.04 Å². The van der Waals surface area contributed by atoms with Crippen molar-refractivity contribution in [3.05, 3.63) is 29.8 Å². The van der Waals surface area contributed by atoms with Gasteiger partial charge in [-0.1, -0.05) is 31.4 Å². The molecule has 0 N–H and O–H groups in total. The summed E-state index contributed by atoms with van der Waals surface area (Å²) in [5.74, 6) is 0.156. The van der Waals surface area contributed by atoms with Crippen LogP contribution in [0, 0.1) is 0 Å². The van der Waals surface area contributed by atoms with Crippen LogP contribution < -0.4 is 4.90 Å². The van der Waals surface area contributed by atoms with Gasteiger partial charge < -0.3 is 4.90 Å². The SMILES string of the molecule is CC(=O)c1ccccc1N(C)C1CCCCC1. The third-order valence-electron chi connectivity index (χ3n) is 3.79. The van der Waals surface area contributed by atoms with Crippen molar-refractivity contribution in [3.8, 4) is 0 Å². The highest BCUT2D eigenvalue weighted by atomic mass is 16.1. The smallest absolute Gasteiger partial charge is 0.161 e. The molecule has 2 heteroatoms. The predicted octanol–water partition coefficient (Wildman–Crippen LogP) is 3.66. The zero-order valence-corrected chi connectivity index (χ0v) is 10.8. The van der Waals surface area contributed by atoms with Gasteiger partial charge in [0.15, 0.2) is 5.78 Å². The highest BCUT2D eigenvalue weighted by molar-refractivity contribution is 5.99. The number of carbonyl (C=O) groups is 1. The van der Waals surface area contributed by atoms with Gasteiger partial charge in [-0.15, -0.1) is 0 Å². The first kappa shape index (κ1) is 12.2. The number of Topliss-reactive ketones (excluding diaryl/α,β-unsaturated/α-hetero) is 1. The maximum Gasteiger partial charge on any atom is 0.161 e. The van der Waals surface area contributed by atoms with Crippen LogP contribution in [0.15, 0.2) is 24.3 Å². The number of ketones is 1. The van der Waals surface area contributed by atoms with E-state index in [4.69, 9.17) is 0 Å². The number of carbonyl (C=O) groups excluding carboxylic acids is 1. The number of rotatable bonds is 3. The first-order chi connectivity index (χ1) is 8.20. The van der Waals surface area contributed by atoms with Gasteiger partial charge in [-0.05, 0) is 31.9 Å². The summed E-state index contributed by atoms with van der Waals surface area (Å²) in [6.07, 6.45) is 6.50. The molecule has 17 heavy (non-hydrogen) atoms. The lowest BCUT2D eigenvalue weighted by Gasteiger charge is -2.33. The number of benzene rings is 1. The molecule has 0 radical (unpaired) electrons. The normalized spacial score (nSPS) is 16.8. The zero-order chi connectivity index (χ0) is 12.3. The lowest BCUT2D eigenvalue weighted by Crippen LogP contribution is -2.34. The van der Waals surface area contributed by atoms with Crippen molar-refractivity contribution >= 4 is 11.5 Å². The van der Waals surface area contributed by atoms with E-state index in [-0.39, 0.29) is 5.78 Å². The van der Waals surface area contributed by atoms with Crippen LogP contribution in [0.2, 0.25) is 0 Å². The summed E-state index contributed by atoms with van der Waals surface area (Å²) < 4.78 is 0. The molecule has 2 nitrogen and oxygen atoms in total. The molecule has 0 saturated heterocycles. The van der Waals surface area contributed by atoms with Gasteiger partial charge in [0.1, 0.15) is 0 Å². The van der Waals surface area contributed by atoms with Crippen molar-refractivity contribution in [1.82, 2.24) is 0 Å². The van der Waals surface area contributed by atoms with Gasteiger partial charge in [0.2, 0.25) is 0 Å². The van der Waals surface area contributed by atoms with Crippen molar-refractivity contribution in [1.29, 1.82) is 0 Å². The van der Waals surface area contributed by atoms with Crippen LogP contribution in [-0.4, -0.2) is 18.9 Å². The van der Waals surface area contributed by atoms with Crippen molar-refractivity contribution in [3.63, 3.8) is 0 Å². The summed E-state index contributed by atoms with van der Waals surface area (Å²) in [7, 11) is 2.12. The average Bonchev–Trinajstić information content (AvgIpc) is 2.39. The Balaban J connectivity index is 2.23. The summed E-state index contributed by atoms with van der Waals surface area (Å²) >= 11 is 0. The molecule has 1 saturated carbocycles. The van der Waals surface area contributed by atoms with Crippen molar-refractivity contribution < 1.29 is 4.79 Å². The van der Waals surface area contributed by atoms with Gasteiger partial charge in [-0.3, -0.25) is 4.79 Å². The van der Waals surface area contributed by atoms with E-state index < -0.39 is 0 Å². The Hall–Kier alpha value is -1.31. The summed E-state index contributed by atoms with van der Waals surface area (Å²) in [4.78, 5) is 13.9. The van der Waals surface area contributed by atoms with Crippen LogP contribution in [0.25, 0.3) is 0 Å². The summed E-state index contributed by atoms with van der Waals surface area (Å²) in [6.45, 7) is 1.65. The number of hydrogen-bond acceptors (Lipinski definition) is 2. The van der Waals surface area contributed by atoms with Crippen molar-refractivity contribution in [2.45, 2.75) is 45.1 Å². The minimum absolute atomic E-state index is 0.156. The second-order valence-corrected chi connectivity index (χ2v) is 4.98. The van der Waals surface area contributed by atoms with Crippen LogP contribution in [0.5, 0.6) is 0 Å². The third-order valence-corrected chi connectivity index (χ3v) is 3.79. The van der Waals surface area contributed by atoms with E-state index >= 15 is 0 Å². The largest absolute Gasteiger partial charge is 0.371 e. The van der Waals surface area contributed by atoms with Gasteiger partial charge >= 0.3 is 0 Å². The Labute approximate surface area is 104 Å². The maximum atomic E-state index is 11.6. The second-order valence-electron chi connectivity index (χ2n) is 4.98. The highest BCUT2D eigenvalue weighted by Gasteiger charge is 2.20. The molecule has 1 aromatic rings. The molecule has 1 aromatic carbocycles. The summed E-state index contributed by atoms with van der Waals surface area (Å²) in [5.41, 5.74) is 1.94. The van der Waals surface area contributed by atoms with Gasteiger partial charge in [0, 0.05) is 24.3 Å². The fourth-order valence-corrected chi connectivity index (χ4v) is 2.74. The number of nitrogens with zero attached hydrogens (tertiary/aromatic N) is 1. The monoisotopic (exact) mass is 231 g/mol. The Morgan fingerprint density at radius 1 is 1.18 bits per heavy atom. The van der Waals surface area contributed by atoms with Gasteiger partial charge in [-0.25, -0.2) is 0 Å². The third kappa shape index (κ3) is 2.68. The minimum atomic E-state index is 0.156. The van der Waals surface area contributed by atoms with Gasteiger partial charge in [0.05, 0.1) is 0 Å². The molecule has 0 heterocycles. The molecular weight excluding hydrogens is 210 g/mol. The van der Waals surface area contributed by atoms with Crippen LogP contribution in [0.3, 0.4) is 0 Å². The van der Waals surface area contributed by atoms with E-state index in [2.05, 4.69) is 18.0 Å². The number of hydrogen-bond donors (Lipinski definition) is 0. The van der Waals surface area contributed by atoms with E-state index in [1.165, 1.54) is 32.1 Å². The molecule has 1 aliphatic carbocycles. The summed E-state index contributed by atoms with van der Waals surface area (Å²) in [5, 5.41) is 0. The molecule has 0 unspecified atom stereocenters. The molecule has 0 bridgehead atoms. The first-order valence-electron chi connectivity index (χ1n) is 6.53. The van der Waals surface area contributed by atoms with E-state index in [1.54, 1.807) is 6.92 Å². The van der Waals surface area contributed by atoms with Crippen LogP contribution in [0.4, 0.5) is 5.69 Å². The number of anilines is 1. The lowest BCUT2D eigenvalue weighted by atomic mass is 9.93. The Morgan fingerprint density at radius 3 is 2.47 bits per heavy atom. The van der Waals surface area contributed by atoms with Gasteiger partial charge in [0.25, 0.3) is 0 Å². The Morgan fingerprint density at radius 2 is 1.82 bits per heavy atom. The second kappa shape index (κ2) is 5.35. The van der Waals surface area contributed by atoms with Gasteiger partial charge in [-0.2, -0.15) is 0 Å². The Bertz CT molecular complexity index is 394. The zero-order valence-electron chi connectivity index (χ0n) is 10.8. The molecule has 0 aromatic heterocycles. The van der Waals surface area contributed by atoms with Crippen LogP contribution in [0.1, 0.15) is 49.4 Å². The van der Waals surface area contributed by atoms with Crippen molar-refractivity contribution in [2.24, 2.45) is 0 Å². The Kier molecular flexibility index (Phi) is 3.82. The highest BCUT2D eigenvalue weighted by Crippen LogP contribution is 2.28. The standard InChI is InChI=1S/C15H21NO/c1-12(17)14-10-6-7-11-15(14)16(2)13-8-4-3-5-9-13/h6-7,10-11,13H,3-5,8-9H2,1-2H3. The molecule has 0 amide bonds. The van der Waals surface area contributed by atoms with E-state index in [0.717, 1.165) is 11.3 Å². The molecule has 0 atom stereocenters. The summed E-state index contributed by atoms with van der Waals surface area (Å²) in [6, 6.07) is 8.54. The fraction of sp³-hybridized carbons (Fsp3) is 0.533. The van der Waals surface area contributed by atoms with E-state index in [9.17, 15) is 4.79 Å². The first-order valence-corrected chi connectivity index (χ1v) is 6.53. The minimum Gasteiger partial charge on any atom is -0.371 e. The van der Waals surface area contributed by atoms with Crippen LogP contribution >= 0.6 is 0 Å². The molecular formula is C15H21NO. The molecule has 1 fully saturated rings. The molecule has 2 rings (SSSR count). The number of para-hydroxylation sites is 1. The molecule has 1 aliphatic rings. The van der Waals surface area contributed by atoms with Crippen LogP contribution in [-0.2, 0) is 0 Å². The van der Waals surface area contributed by atoms with Crippen molar-refractivity contribution in [2.75, 3.05) is 11.9 Å².